The molecule has 0 saturated carbocycles. The van der Waals surface area contributed by atoms with Crippen LogP contribution in [0.4, 0.5) is 0 Å². The van der Waals surface area contributed by atoms with Gasteiger partial charge < -0.3 is 0 Å². The SMILES string of the molecule is ClCCc1cn(Cc2ccccc2Br)nn1. The van der Waals surface area contributed by atoms with Crippen molar-refractivity contribution >= 4 is 27.5 Å². The second kappa shape index (κ2) is 5.46. The zero-order valence-corrected chi connectivity index (χ0v) is 10.9. The van der Waals surface area contributed by atoms with E-state index in [0.29, 0.717) is 5.88 Å². The topological polar surface area (TPSA) is 30.7 Å². The van der Waals surface area contributed by atoms with E-state index in [1.165, 1.54) is 5.56 Å². The molecule has 0 radical (unpaired) electrons. The van der Waals surface area contributed by atoms with Gasteiger partial charge in [-0.1, -0.05) is 39.3 Å². The van der Waals surface area contributed by atoms with Crippen LogP contribution < -0.4 is 0 Å². The van der Waals surface area contributed by atoms with E-state index in [2.05, 4.69) is 32.3 Å². The van der Waals surface area contributed by atoms with E-state index in [1.807, 2.05) is 29.1 Å². The van der Waals surface area contributed by atoms with Crippen LogP contribution in [-0.2, 0) is 13.0 Å². The maximum Gasteiger partial charge on any atom is 0.0839 e. The van der Waals surface area contributed by atoms with Gasteiger partial charge >= 0.3 is 0 Å². The van der Waals surface area contributed by atoms with E-state index in [9.17, 15) is 0 Å². The van der Waals surface area contributed by atoms with E-state index in [0.717, 1.165) is 23.1 Å². The quantitative estimate of drug-likeness (QED) is 0.813. The molecule has 5 heteroatoms. The highest BCUT2D eigenvalue weighted by molar-refractivity contribution is 9.10. The van der Waals surface area contributed by atoms with Gasteiger partial charge in [-0.05, 0) is 11.6 Å². The molecule has 0 unspecified atom stereocenters. The van der Waals surface area contributed by atoms with Gasteiger partial charge in [0.1, 0.15) is 0 Å². The van der Waals surface area contributed by atoms with Crippen LogP contribution in [0.3, 0.4) is 0 Å². The molecule has 0 spiro atoms. The second-order valence-electron chi connectivity index (χ2n) is 3.44. The number of benzene rings is 1. The molecule has 2 rings (SSSR count). The predicted molar refractivity (Wildman–Crippen MR) is 67.7 cm³/mol. The lowest BCUT2D eigenvalue weighted by Gasteiger charge is -2.02. The molecule has 2 aromatic rings. The highest BCUT2D eigenvalue weighted by Gasteiger charge is 2.03. The second-order valence-corrected chi connectivity index (χ2v) is 4.67. The lowest BCUT2D eigenvalue weighted by Crippen LogP contribution is -2.00. The van der Waals surface area contributed by atoms with Gasteiger partial charge in [0.25, 0.3) is 0 Å². The summed E-state index contributed by atoms with van der Waals surface area (Å²) < 4.78 is 2.91. The molecule has 0 N–H and O–H groups in total. The van der Waals surface area contributed by atoms with E-state index in [1.54, 1.807) is 0 Å². The molecule has 84 valence electrons. The fraction of sp³-hybridized carbons (Fsp3) is 0.273. The van der Waals surface area contributed by atoms with Crippen LogP contribution in [0.25, 0.3) is 0 Å². The summed E-state index contributed by atoms with van der Waals surface area (Å²) in [5, 5.41) is 8.10. The average Bonchev–Trinajstić information content (AvgIpc) is 2.70. The number of nitrogens with zero attached hydrogens (tertiary/aromatic N) is 3. The largest absolute Gasteiger partial charge is 0.248 e. The molecule has 1 aromatic carbocycles. The molecule has 0 aliphatic carbocycles. The van der Waals surface area contributed by atoms with Gasteiger partial charge in [0.15, 0.2) is 0 Å². The fourth-order valence-electron chi connectivity index (χ4n) is 1.43. The van der Waals surface area contributed by atoms with Gasteiger partial charge in [0.05, 0.1) is 12.2 Å². The first-order chi connectivity index (χ1) is 7.79. The molecule has 1 aromatic heterocycles. The minimum Gasteiger partial charge on any atom is -0.248 e. The molecule has 0 bridgehead atoms. The fourth-order valence-corrected chi connectivity index (χ4v) is 2.03. The van der Waals surface area contributed by atoms with Crippen molar-refractivity contribution in [3.63, 3.8) is 0 Å². The number of rotatable bonds is 4. The van der Waals surface area contributed by atoms with Crippen molar-refractivity contribution in [2.75, 3.05) is 5.88 Å². The summed E-state index contributed by atoms with van der Waals surface area (Å²) in [5.74, 6) is 0.577. The van der Waals surface area contributed by atoms with Crippen molar-refractivity contribution in [1.29, 1.82) is 0 Å². The van der Waals surface area contributed by atoms with Gasteiger partial charge in [0.2, 0.25) is 0 Å². The number of aryl methyl sites for hydroxylation is 1. The molecule has 0 aliphatic rings. The zero-order chi connectivity index (χ0) is 11.4. The molecular weight excluding hydrogens is 289 g/mol. The minimum atomic E-state index is 0.577. The first-order valence-electron chi connectivity index (χ1n) is 4.98. The van der Waals surface area contributed by atoms with E-state index < -0.39 is 0 Å². The number of aromatic nitrogens is 3. The van der Waals surface area contributed by atoms with Gasteiger partial charge in [-0.15, -0.1) is 16.7 Å². The zero-order valence-electron chi connectivity index (χ0n) is 8.61. The molecule has 0 amide bonds. The summed E-state index contributed by atoms with van der Waals surface area (Å²) >= 11 is 9.15. The Labute approximate surface area is 108 Å². The maximum atomic E-state index is 5.65. The number of hydrogen-bond acceptors (Lipinski definition) is 2. The third kappa shape index (κ3) is 2.83. The van der Waals surface area contributed by atoms with Crippen LogP contribution in [0.1, 0.15) is 11.3 Å². The Morgan fingerprint density at radius 1 is 1.31 bits per heavy atom. The normalized spacial score (nSPS) is 10.6. The van der Waals surface area contributed by atoms with E-state index in [4.69, 9.17) is 11.6 Å². The minimum absolute atomic E-state index is 0.577. The third-order valence-electron chi connectivity index (χ3n) is 2.23. The summed E-state index contributed by atoms with van der Waals surface area (Å²) in [5.41, 5.74) is 2.12. The Kier molecular flexibility index (Phi) is 3.96. The Morgan fingerprint density at radius 3 is 2.88 bits per heavy atom. The van der Waals surface area contributed by atoms with Gasteiger partial charge in [0, 0.05) is 23.0 Å². The highest BCUT2D eigenvalue weighted by Crippen LogP contribution is 2.16. The van der Waals surface area contributed by atoms with E-state index >= 15 is 0 Å². The van der Waals surface area contributed by atoms with Crippen molar-refractivity contribution in [2.45, 2.75) is 13.0 Å². The molecule has 0 atom stereocenters. The van der Waals surface area contributed by atoms with Gasteiger partial charge in [-0.25, -0.2) is 4.68 Å². The van der Waals surface area contributed by atoms with Crippen LogP contribution >= 0.6 is 27.5 Å². The van der Waals surface area contributed by atoms with Crippen molar-refractivity contribution in [2.24, 2.45) is 0 Å². The van der Waals surface area contributed by atoms with Gasteiger partial charge in [-0.3, -0.25) is 0 Å². The average molecular weight is 301 g/mol. The van der Waals surface area contributed by atoms with E-state index in [-0.39, 0.29) is 0 Å². The molecule has 0 fully saturated rings. The number of alkyl halides is 1. The monoisotopic (exact) mass is 299 g/mol. The molecule has 1 heterocycles. The molecule has 16 heavy (non-hydrogen) atoms. The Balaban J connectivity index is 2.11. The smallest absolute Gasteiger partial charge is 0.0839 e. The lowest BCUT2D eigenvalue weighted by atomic mass is 10.2. The number of halogens is 2. The molecule has 0 saturated heterocycles. The standard InChI is InChI=1S/C11H11BrClN3/c12-11-4-2-1-3-9(11)7-16-8-10(5-6-13)14-15-16/h1-4,8H,5-7H2. The van der Waals surface area contributed by atoms with Crippen LogP contribution in [-0.4, -0.2) is 20.9 Å². The Hall–Kier alpha value is -0.870. The van der Waals surface area contributed by atoms with Crippen molar-refractivity contribution in [3.8, 4) is 0 Å². The molecule has 0 aliphatic heterocycles. The van der Waals surface area contributed by atoms with Gasteiger partial charge in [-0.2, -0.15) is 0 Å². The predicted octanol–water partition coefficient (Wildman–Crippen LogP) is 2.87. The summed E-state index contributed by atoms with van der Waals surface area (Å²) in [4.78, 5) is 0. The highest BCUT2D eigenvalue weighted by atomic mass is 79.9. The molecule has 3 nitrogen and oxygen atoms in total. The van der Waals surface area contributed by atoms with Crippen LogP contribution in [0.5, 0.6) is 0 Å². The Morgan fingerprint density at radius 2 is 2.12 bits per heavy atom. The van der Waals surface area contributed by atoms with Crippen molar-refractivity contribution < 1.29 is 0 Å². The maximum absolute atomic E-state index is 5.65. The van der Waals surface area contributed by atoms with Crippen molar-refractivity contribution in [1.82, 2.24) is 15.0 Å². The molecular formula is C11H11BrClN3. The number of hydrogen-bond donors (Lipinski definition) is 0. The summed E-state index contributed by atoms with van der Waals surface area (Å²) in [6.07, 6.45) is 2.69. The summed E-state index contributed by atoms with van der Waals surface area (Å²) in [6, 6.07) is 8.09. The summed E-state index contributed by atoms with van der Waals surface area (Å²) in [6.45, 7) is 0.719. The van der Waals surface area contributed by atoms with Crippen LogP contribution in [0, 0.1) is 0 Å². The first-order valence-corrected chi connectivity index (χ1v) is 6.30. The van der Waals surface area contributed by atoms with Crippen molar-refractivity contribution in [3.05, 3.63) is 46.2 Å². The van der Waals surface area contributed by atoms with Crippen LogP contribution in [0.15, 0.2) is 34.9 Å². The first kappa shape index (κ1) is 11.6. The lowest BCUT2D eigenvalue weighted by molar-refractivity contribution is 0.648. The summed E-state index contributed by atoms with van der Waals surface area (Å²) in [7, 11) is 0. The third-order valence-corrected chi connectivity index (χ3v) is 3.19. The van der Waals surface area contributed by atoms with Crippen LogP contribution in [0.2, 0.25) is 0 Å². The Bertz CT molecular complexity index is 470.